The highest BCUT2D eigenvalue weighted by atomic mass is 19.2. The van der Waals surface area contributed by atoms with Crippen molar-refractivity contribution in [2.24, 2.45) is 11.8 Å². The van der Waals surface area contributed by atoms with E-state index in [9.17, 15) is 8.78 Å². The Balaban J connectivity index is 1.27. The Morgan fingerprint density at radius 3 is 2.46 bits per heavy atom. The summed E-state index contributed by atoms with van der Waals surface area (Å²) < 4.78 is 26.5. The summed E-state index contributed by atoms with van der Waals surface area (Å²) in [6.07, 6.45) is 4.61. The molecule has 2 aliphatic heterocycles. The van der Waals surface area contributed by atoms with Crippen LogP contribution in [-0.4, -0.2) is 30.6 Å². The first kappa shape index (κ1) is 19.5. The zero-order valence-electron chi connectivity index (χ0n) is 16.2. The van der Waals surface area contributed by atoms with Gasteiger partial charge in [0.25, 0.3) is 0 Å². The summed E-state index contributed by atoms with van der Waals surface area (Å²) in [5.41, 5.74) is 9.17. The molecule has 2 N–H and O–H groups in total. The molecule has 2 saturated heterocycles. The summed E-state index contributed by atoms with van der Waals surface area (Å²) in [5, 5.41) is 0. The van der Waals surface area contributed by atoms with Gasteiger partial charge in [-0.2, -0.15) is 0 Å². The smallest absolute Gasteiger partial charge is 0.159 e. The molecule has 2 aromatic carbocycles. The molecule has 2 atom stereocenters. The highest BCUT2D eigenvalue weighted by molar-refractivity contribution is 5.18. The Kier molecular flexibility index (Phi) is 6.35. The van der Waals surface area contributed by atoms with Gasteiger partial charge in [0.15, 0.2) is 11.6 Å². The van der Waals surface area contributed by atoms with Crippen molar-refractivity contribution in [1.82, 2.24) is 15.8 Å². The molecule has 150 valence electrons. The van der Waals surface area contributed by atoms with Crippen LogP contribution in [0.3, 0.4) is 0 Å². The summed E-state index contributed by atoms with van der Waals surface area (Å²) in [6.45, 7) is 3.74. The summed E-state index contributed by atoms with van der Waals surface area (Å²) in [6, 6.07) is 15.5. The second-order valence-corrected chi connectivity index (χ2v) is 8.20. The van der Waals surface area contributed by atoms with Crippen molar-refractivity contribution in [3.8, 4) is 0 Å². The Morgan fingerprint density at radius 2 is 1.71 bits per heavy atom. The molecule has 28 heavy (non-hydrogen) atoms. The van der Waals surface area contributed by atoms with Gasteiger partial charge in [0.2, 0.25) is 0 Å². The highest BCUT2D eigenvalue weighted by Crippen LogP contribution is 2.29. The SMILES string of the molecule is Fc1ccc(CN2CCC(C3NNCC3CCc3ccccc3)CC2)cc1F. The number of benzene rings is 2. The fraction of sp³-hybridized carbons (Fsp3) is 0.478. The van der Waals surface area contributed by atoms with Crippen LogP contribution < -0.4 is 10.9 Å². The highest BCUT2D eigenvalue weighted by Gasteiger charge is 2.35. The van der Waals surface area contributed by atoms with Crippen LogP contribution in [0.4, 0.5) is 8.78 Å². The molecule has 0 aliphatic carbocycles. The van der Waals surface area contributed by atoms with Crippen LogP contribution in [0.25, 0.3) is 0 Å². The van der Waals surface area contributed by atoms with Crippen LogP contribution in [0.2, 0.25) is 0 Å². The van der Waals surface area contributed by atoms with Gasteiger partial charge in [0, 0.05) is 19.1 Å². The van der Waals surface area contributed by atoms with Crippen LogP contribution in [0.5, 0.6) is 0 Å². The first-order valence-corrected chi connectivity index (χ1v) is 10.4. The van der Waals surface area contributed by atoms with E-state index >= 15 is 0 Å². The molecule has 0 saturated carbocycles. The lowest BCUT2D eigenvalue weighted by atomic mass is 9.81. The van der Waals surface area contributed by atoms with E-state index in [1.807, 2.05) is 0 Å². The third-order valence-electron chi connectivity index (χ3n) is 6.32. The van der Waals surface area contributed by atoms with Crippen LogP contribution >= 0.6 is 0 Å². The maximum atomic E-state index is 13.4. The Labute approximate surface area is 166 Å². The number of piperidine rings is 1. The number of nitrogens with zero attached hydrogens (tertiary/aromatic N) is 1. The van der Waals surface area contributed by atoms with Gasteiger partial charge in [-0.15, -0.1) is 0 Å². The fourth-order valence-electron chi connectivity index (χ4n) is 4.70. The molecule has 2 heterocycles. The molecule has 2 fully saturated rings. The number of likely N-dealkylation sites (tertiary alicyclic amines) is 1. The van der Waals surface area contributed by atoms with E-state index in [0.29, 0.717) is 24.4 Å². The van der Waals surface area contributed by atoms with E-state index in [4.69, 9.17) is 0 Å². The fourth-order valence-corrected chi connectivity index (χ4v) is 4.70. The lowest BCUT2D eigenvalue weighted by Gasteiger charge is -2.36. The third kappa shape index (κ3) is 4.77. The summed E-state index contributed by atoms with van der Waals surface area (Å²) in [7, 11) is 0. The van der Waals surface area contributed by atoms with Crippen molar-refractivity contribution < 1.29 is 8.78 Å². The standard InChI is InChI=1S/C23H29F2N3/c24-21-9-7-18(14-22(21)25)16-28-12-10-19(11-13-28)23-20(15-26-27-23)8-6-17-4-2-1-3-5-17/h1-5,7,9,14,19-20,23,26-27H,6,8,10-13,15-16H2. The number of hydrogen-bond donors (Lipinski definition) is 2. The number of halogens is 2. The summed E-state index contributed by atoms with van der Waals surface area (Å²) in [4.78, 5) is 2.35. The van der Waals surface area contributed by atoms with Gasteiger partial charge in [0.1, 0.15) is 0 Å². The van der Waals surface area contributed by atoms with E-state index in [2.05, 4.69) is 46.1 Å². The predicted octanol–water partition coefficient (Wildman–Crippen LogP) is 3.90. The molecule has 2 unspecified atom stereocenters. The van der Waals surface area contributed by atoms with Gasteiger partial charge in [0.05, 0.1) is 0 Å². The number of hydrogen-bond acceptors (Lipinski definition) is 3. The zero-order chi connectivity index (χ0) is 19.3. The average molecular weight is 386 g/mol. The summed E-state index contributed by atoms with van der Waals surface area (Å²) in [5.74, 6) is -0.210. The van der Waals surface area contributed by atoms with Gasteiger partial charge in [-0.05, 0) is 73.9 Å². The number of aryl methyl sites for hydroxylation is 1. The molecule has 0 radical (unpaired) electrons. The largest absolute Gasteiger partial charge is 0.299 e. The molecule has 5 heteroatoms. The molecule has 0 spiro atoms. The number of nitrogens with one attached hydrogen (secondary N) is 2. The minimum atomic E-state index is -0.774. The van der Waals surface area contributed by atoms with Crippen molar-refractivity contribution >= 4 is 0 Å². The molecule has 0 aromatic heterocycles. The van der Waals surface area contributed by atoms with Crippen molar-refractivity contribution in [1.29, 1.82) is 0 Å². The molecule has 0 bridgehead atoms. The van der Waals surface area contributed by atoms with Gasteiger partial charge in [-0.25, -0.2) is 8.78 Å². The van der Waals surface area contributed by atoms with Crippen molar-refractivity contribution in [3.05, 3.63) is 71.3 Å². The molecular weight excluding hydrogens is 356 g/mol. The maximum absolute atomic E-state index is 13.4. The Morgan fingerprint density at radius 1 is 0.929 bits per heavy atom. The van der Waals surface area contributed by atoms with E-state index in [0.717, 1.165) is 44.5 Å². The monoisotopic (exact) mass is 385 g/mol. The first-order chi connectivity index (χ1) is 13.7. The maximum Gasteiger partial charge on any atom is 0.159 e. The van der Waals surface area contributed by atoms with Gasteiger partial charge in [-0.3, -0.25) is 15.8 Å². The Hall–Kier alpha value is -1.82. The molecule has 3 nitrogen and oxygen atoms in total. The normalized spacial score (nSPS) is 23.9. The molecule has 0 amide bonds. The minimum absolute atomic E-state index is 0.522. The van der Waals surface area contributed by atoms with E-state index < -0.39 is 11.6 Å². The second kappa shape index (κ2) is 9.12. The van der Waals surface area contributed by atoms with Crippen molar-refractivity contribution in [2.45, 2.75) is 38.3 Å². The lowest BCUT2D eigenvalue weighted by molar-refractivity contribution is 0.142. The van der Waals surface area contributed by atoms with Crippen molar-refractivity contribution in [3.63, 3.8) is 0 Å². The first-order valence-electron chi connectivity index (χ1n) is 10.4. The molecule has 2 aliphatic rings. The average Bonchev–Trinajstić information content (AvgIpc) is 3.19. The topological polar surface area (TPSA) is 27.3 Å². The minimum Gasteiger partial charge on any atom is -0.299 e. The zero-order valence-corrected chi connectivity index (χ0v) is 16.2. The lowest BCUT2D eigenvalue weighted by Crippen LogP contribution is -2.44. The molecule has 2 aromatic rings. The van der Waals surface area contributed by atoms with E-state index in [1.165, 1.54) is 24.1 Å². The third-order valence-corrected chi connectivity index (χ3v) is 6.32. The van der Waals surface area contributed by atoms with Crippen LogP contribution in [0.1, 0.15) is 30.4 Å². The van der Waals surface area contributed by atoms with E-state index in [-0.39, 0.29) is 0 Å². The number of rotatable bonds is 6. The quantitative estimate of drug-likeness (QED) is 0.790. The van der Waals surface area contributed by atoms with Crippen LogP contribution in [-0.2, 0) is 13.0 Å². The predicted molar refractivity (Wildman–Crippen MR) is 108 cm³/mol. The van der Waals surface area contributed by atoms with Gasteiger partial charge < -0.3 is 0 Å². The van der Waals surface area contributed by atoms with Crippen LogP contribution in [0.15, 0.2) is 48.5 Å². The molecular formula is C23H29F2N3. The summed E-state index contributed by atoms with van der Waals surface area (Å²) >= 11 is 0. The van der Waals surface area contributed by atoms with E-state index in [1.54, 1.807) is 6.07 Å². The number of hydrazine groups is 1. The van der Waals surface area contributed by atoms with Crippen molar-refractivity contribution in [2.75, 3.05) is 19.6 Å². The van der Waals surface area contributed by atoms with Gasteiger partial charge >= 0.3 is 0 Å². The molecule has 4 rings (SSSR count). The van der Waals surface area contributed by atoms with Crippen LogP contribution in [0, 0.1) is 23.5 Å². The second-order valence-electron chi connectivity index (χ2n) is 8.20. The van der Waals surface area contributed by atoms with Gasteiger partial charge in [-0.1, -0.05) is 36.4 Å². The Bertz CT molecular complexity index is 760.